The smallest absolute Gasteiger partial charge is 0.222 e. The number of nitrogens with zero attached hydrogens (tertiary/aromatic N) is 5. The van der Waals surface area contributed by atoms with Crippen LogP contribution < -0.4 is 4.90 Å². The monoisotopic (exact) mass is 293 g/mol. The second kappa shape index (κ2) is 6.50. The lowest BCUT2D eigenvalue weighted by Crippen LogP contribution is -2.48. The summed E-state index contributed by atoms with van der Waals surface area (Å²) in [5.41, 5.74) is 9.89. The first-order valence-electron chi connectivity index (χ1n) is 6.53. The van der Waals surface area contributed by atoms with Crippen molar-refractivity contribution >= 4 is 28.9 Å². The van der Waals surface area contributed by atoms with Crippen molar-refractivity contribution in [3.8, 4) is 0 Å². The summed E-state index contributed by atoms with van der Waals surface area (Å²) in [6, 6.07) is 5.27. The van der Waals surface area contributed by atoms with Crippen LogP contribution in [0, 0.1) is 0 Å². The first-order valence-corrected chi connectivity index (χ1v) is 6.91. The van der Waals surface area contributed by atoms with E-state index in [0.29, 0.717) is 43.3 Å². The zero-order valence-electron chi connectivity index (χ0n) is 11.3. The molecule has 106 valence electrons. The molecule has 1 aromatic rings. The Labute approximate surface area is 122 Å². The summed E-state index contributed by atoms with van der Waals surface area (Å²) in [6.45, 7) is 4.55. The van der Waals surface area contributed by atoms with Crippen LogP contribution in [0.1, 0.15) is 13.3 Å². The summed E-state index contributed by atoms with van der Waals surface area (Å²) in [5.74, 6) is 0.166. The summed E-state index contributed by atoms with van der Waals surface area (Å²) < 4.78 is 0. The van der Waals surface area contributed by atoms with Crippen LogP contribution in [0.15, 0.2) is 23.3 Å². The van der Waals surface area contributed by atoms with Crippen LogP contribution in [0.5, 0.6) is 0 Å². The van der Waals surface area contributed by atoms with Crippen LogP contribution in [0.2, 0.25) is 5.02 Å². The van der Waals surface area contributed by atoms with Crippen molar-refractivity contribution in [3.63, 3.8) is 0 Å². The number of carbonyl (C=O) groups excluding carboxylic acids is 1. The van der Waals surface area contributed by atoms with Crippen molar-refractivity contribution < 1.29 is 4.79 Å². The van der Waals surface area contributed by atoms with Gasteiger partial charge < -0.3 is 9.80 Å². The van der Waals surface area contributed by atoms with Crippen molar-refractivity contribution in [1.82, 2.24) is 4.90 Å². The Balaban J connectivity index is 2.18. The molecule has 1 fully saturated rings. The van der Waals surface area contributed by atoms with Crippen molar-refractivity contribution in [2.75, 3.05) is 31.1 Å². The molecule has 0 unspecified atom stereocenters. The van der Waals surface area contributed by atoms with Gasteiger partial charge in [0.15, 0.2) is 0 Å². The molecule has 0 spiro atoms. The van der Waals surface area contributed by atoms with Gasteiger partial charge in [-0.25, -0.2) is 0 Å². The SMILES string of the molecule is CCC(=O)N1CCN(c2c(Cl)cccc2N=[N+]=[N-])CC1. The number of azide groups is 1. The van der Waals surface area contributed by atoms with E-state index in [2.05, 4.69) is 14.9 Å². The van der Waals surface area contributed by atoms with Gasteiger partial charge in [-0.15, -0.1) is 0 Å². The number of amides is 1. The fourth-order valence-electron chi connectivity index (χ4n) is 2.35. The normalized spacial score (nSPS) is 14.9. The van der Waals surface area contributed by atoms with E-state index < -0.39 is 0 Å². The second-order valence-corrected chi connectivity index (χ2v) is 4.93. The maximum absolute atomic E-state index is 11.7. The molecule has 1 aromatic carbocycles. The summed E-state index contributed by atoms with van der Waals surface area (Å²) in [6.07, 6.45) is 0.524. The van der Waals surface area contributed by atoms with Gasteiger partial charge in [-0.1, -0.05) is 35.8 Å². The van der Waals surface area contributed by atoms with Crippen LogP contribution in [-0.2, 0) is 4.79 Å². The average Bonchev–Trinajstić information content (AvgIpc) is 2.47. The molecule has 2 rings (SSSR count). The van der Waals surface area contributed by atoms with Gasteiger partial charge >= 0.3 is 0 Å². The van der Waals surface area contributed by atoms with Gasteiger partial charge in [0.25, 0.3) is 0 Å². The quantitative estimate of drug-likeness (QED) is 0.487. The average molecular weight is 294 g/mol. The maximum Gasteiger partial charge on any atom is 0.222 e. The Hall–Kier alpha value is -1.91. The van der Waals surface area contributed by atoms with Crippen molar-refractivity contribution in [2.24, 2.45) is 5.11 Å². The van der Waals surface area contributed by atoms with Gasteiger partial charge in [-0.2, -0.15) is 0 Å². The lowest BCUT2D eigenvalue weighted by atomic mass is 10.2. The highest BCUT2D eigenvalue weighted by Crippen LogP contribution is 2.36. The lowest BCUT2D eigenvalue weighted by molar-refractivity contribution is -0.131. The molecule has 0 aliphatic carbocycles. The minimum Gasteiger partial charge on any atom is -0.366 e. The van der Waals surface area contributed by atoms with Crippen molar-refractivity contribution in [2.45, 2.75) is 13.3 Å². The Morgan fingerprint density at radius 1 is 1.40 bits per heavy atom. The van der Waals surface area contributed by atoms with E-state index in [1.54, 1.807) is 18.2 Å². The molecule has 0 atom stereocenters. The highest BCUT2D eigenvalue weighted by molar-refractivity contribution is 6.33. The Morgan fingerprint density at radius 2 is 2.10 bits per heavy atom. The Morgan fingerprint density at radius 3 is 2.70 bits per heavy atom. The third-order valence-corrected chi connectivity index (χ3v) is 3.67. The van der Waals surface area contributed by atoms with Crippen LogP contribution >= 0.6 is 11.6 Å². The molecule has 0 bridgehead atoms. The number of carbonyl (C=O) groups is 1. The predicted molar refractivity (Wildman–Crippen MR) is 79.3 cm³/mol. The molecule has 20 heavy (non-hydrogen) atoms. The number of piperazine rings is 1. The van der Waals surface area contributed by atoms with E-state index in [1.807, 2.05) is 11.8 Å². The van der Waals surface area contributed by atoms with Crippen LogP contribution in [-0.4, -0.2) is 37.0 Å². The van der Waals surface area contributed by atoms with E-state index in [9.17, 15) is 4.79 Å². The van der Waals surface area contributed by atoms with E-state index in [1.165, 1.54) is 0 Å². The zero-order chi connectivity index (χ0) is 14.5. The fourth-order valence-corrected chi connectivity index (χ4v) is 2.64. The highest BCUT2D eigenvalue weighted by Gasteiger charge is 2.22. The second-order valence-electron chi connectivity index (χ2n) is 4.52. The van der Waals surface area contributed by atoms with Crippen LogP contribution in [0.3, 0.4) is 0 Å². The Kier molecular flexibility index (Phi) is 4.71. The van der Waals surface area contributed by atoms with Gasteiger partial charge in [0.2, 0.25) is 5.91 Å². The predicted octanol–water partition coefficient (Wildman–Crippen LogP) is 3.34. The van der Waals surface area contributed by atoms with Crippen LogP contribution in [0.4, 0.5) is 11.4 Å². The molecule has 1 heterocycles. The number of para-hydroxylation sites is 1. The molecule has 7 heteroatoms. The molecule has 0 saturated carbocycles. The van der Waals surface area contributed by atoms with Crippen molar-refractivity contribution in [1.29, 1.82) is 0 Å². The van der Waals surface area contributed by atoms with Gasteiger partial charge in [-0.05, 0) is 11.6 Å². The van der Waals surface area contributed by atoms with E-state index in [4.69, 9.17) is 17.1 Å². The minimum absolute atomic E-state index is 0.166. The molecule has 6 nitrogen and oxygen atoms in total. The minimum atomic E-state index is 0.166. The topological polar surface area (TPSA) is 72.3 Å². The summed E-state index contributed by atoms with van der Waals surface area (Å²) in [7, 11) is 0. The maximum atomic E-state index is 11.7. The largest absolute Gasteiger partial charge is 0.366 e. The number of benzene rings is 1. The van der Waals surface area contributed by atoms with Crippen molar-refractivity contribution in [3.05, 3.63) is 33.7 Å². The molecular weight excluding hydrogens is 278 g/mol. The third-order valence-electron chi connectivity index (χ3n) is 3.37. The fraction of sp³-hybridized carbons (Fsp3) is 0.462. The molecular formula is C13H16ClN5O. The summed E-state index contributed by atoms with van der Waals surface area (Å²) in [5, 5.41) is 4.25. The molecule has 0 radical (unpaired) electrons. The molecule has 1 aliphatic rings. The van der Waals surface area contributed by atoms with E-state index >= 15 is 0 Å². The number of hydrogen-bond donors (Lipinski definition) is 0. The molecule has 1 aliphatic heterocycles. The van der Waals surface area contributed by atoms with E-state index in [-0.39, 0.29) is 5.91 Å². The molecule has 0 aromatic heterocycles. The van der Waals surface area contributed by atoms with E-state index in [0.717, 1.165) is 5.69 Å². The highest BCUT2D eigenvalue weighted by atomic mass is 35.5. The summed E-state index contributed by atoms with van der Waals surface area (Å²) in [4.78, 5) is 18.4. The number of anilines is 1. The number of halogens is 1. The Bertz CT molecular complexity index is 548. The molecule has 0 N–H and O–H groups in total. The molecule has 1 saturated heterocycles. The number of hydrogen-bond acceptors (Lipinski definition) is 3. The molecule has 1 amide bonds. The first-order chi connectivity index (χ1) is 9.67. The van der Waals surface area contributed by atoms with Gasteiger partial charge in [-0.3, -0.25) is 4.79 Å². The van der Waals surface area contributed by atoms with Crippen LogP contribution in [0.25, 0.3) is 10.4 Å². The third kappa shape index (κ3) is 2.98. The van der Waals surface area contributed by atoms with Gasteiger partial charge in [0, 0.05) is 37.5 Å². The number of rotatable bonds is 3. The van der Waals surface area contributed by atoms with Gasteiger partial charge in [0.05, 0.1) is 16.4 Å². The lowest BCUT2D eigenvalue weighted by Gasteiger charge is -2.37. The van der Waals surface area contributed by atoms with Gasteiger partial charge in [0.1, 0.15) is 0 Å². The summed E-state index contributed by atoms with van der Waals surface area (Å²) >= 11 is 6.22. The zero-order valence-corrected chi connectivity index (χ0v) is 12.0. The standard InChI is InChI=1S/C13H16ClN5O/c1-2-12(20)18-6-8-19(9-7-18)13-10(14)4-3-5-11(13)16-17-15/h3-5H,2,6-9H2,1H3. The first kappa shape index (κ1) is 14.5.